The molecule has 0 radical (unpaired) electrons. The largest absolute Gasteiger partial charge is 0.240 e. The highest BCUT2D eigenvalue weighted by molar-refractivity contribution is 5.14. The average molecular weight is 248 g/mol. The van der Waals surface area contributed by atoms with Crippen molar-refractivity contribution in [2.45, 2.75) is 67.2 Å². The van der Waals surface area contributed by atoms with Crippen molar-refractivity contribution >= 4 is 0 Å². The lowest BCUT2D eigenvalue weighted by atomic mass is 9.69. The maximum Gasteiger partial charge on any atom is 0.134 e. The monoisotopic (exact) mass is 248 g/mol. The van der Waals surface area contributed by atoms with Crippen molar-refractivity contribution in [3.8, 4) is 0 Å². The molecule has 0 atom stereocenters. The Kier molecular flexibility index (Phi) is 3.90. The van der Waals surface area contributed by atoms with Crippen LogP contribution in [0.2, 0.25) is 0 Å². The molecular formula is C16H28N2. The molecule has 1 heterocycles. The molecule has 18 heavy (non-hydrogen) atoms. The van der Waals surface area contributed by atoms with Gasteiger partial charge in [0.05, 0.1) is 0 Å². The third-order valence-electron chi connectivity index (χ3n) is 3.87. The van der Waals surface area contributed by atoms with E-state index < -0.39 is 0 Å². The van der Waals surface area contributed by atoms with Gasteiger partial charge in [-0.25, -0.2) is 9.97 Å². The molecule has 1 aromatic rings. The summed E-state index contributed by atoms with van der Waals surface area (Å²) in [5.41, 5.74) is 1.63. The molecule has 102 valence electrons. The van der Waals surface area contributed by atoms with Crippen LogP contribution in [-0.4, -0.2) is 9.97 Å². The van der Waals surface area contributed by atoms with Gasteiger partial charge in [0.1, 0.15) is 5.82 Å². The number of hydrogen-bond donors (Lipinski definition) is 0. The van der Waals surface area contributed by atoms with Crippen LogP contribution >= 0.6 is 0 Å². The Hall–Kier alpha value is -0.920. The normalized spacial score (nSPS) is 13.8. The lowest BCUT2D eigenvalue weighted by molar-refractivity contribution is 0.213. The summed E-state index contributed by atoms with van der Waals surface area (Å²) in [6, 6.07) is 0. The standard InChI is InChI=1S/C16H28N2/c1-14(2,3)9-12-10-17-13(18-11-12)16(7,8)15(4,5)6/h10-11H,9H2,1-8H3. The molecule has 0 saturated heterocycles. The van der Waals surface area contributed by atoms with Gasteiger partial charge >= 0.3 is 0 Å². The lowest BCUT2D eigenvalue weighted by Crippen LogP contribution is -2.35. The number of rotatable bonds is 2. The summed E-state index contributed by atoms with van der Waals surface area (Å²) >= 11 is 0. The molecule has 0 bridgehead atoms. The fraction of sp³-hybridized carbons (Fsp3) is 0.750. The number of hydrogen-bond acceptors (Lipinski definition) is 2. The van der Waals surface area contributed by atoms with Gasteiger partial charge in [-0.3, -0.25) is 0 Å². The van der Waals surface area contributed by atoms with Gasteiger partial charge in [-0.15, -0.1) is 0 Å². The lowest BCUT2D eigenvalue weighted by Gasteiger charge is -2.37. The summed E-state index contributed by atoms with van der Waals surface area (Å²) in [5, 5.41) is 0. The zero-order chi connectivity index (χ0) is 14.2. The second-order valence-corrected chi connectivity index (χ2v) is 8.03. The molecule has 0 N–H and O–H groups in total. The van der Waals surface area contributed by atoms with Crippen molar-refractivity contribution in [2.75, 3.05) is 0 Å². The molecular weight excluding hydrogens is 220 g/mol. The Bertz CT molecular complexity index is 389. The summed E-state index contributed by atoms with van der Waals surface area (Å²) in [6.45, 7) is 17.8. The Morgan fingerprint density at radius 3 is 1.61 bits per heavy atom. The van der Waals surface area contributed by atoms with Crippen LogP contribution in [0.4, 0.5) is 0 Å². The van der Waals surface area contributed by atoms with Crippen molar-refractivity contribution in [2.24, 2.45) is 10.8 Å². The molecule has 1 aromatic heterocycles. The van der Waals surface area contributed by atoms with Gasteiger partial charge in [-0.05, 0) is 22.8 Å². The van der Waals surface area contributed by atoms with Gasteiger partial charge in [0, 0.05) is 17.8 Å². The molecule has 0 aliphatic carbocycles. The predicted molar refractivity (Wildman–Crippen MR) is 77.7 cm³/mol. The summed E-state index contributed by atoms with van der Waals surface area (Å²) in [4.78, 5) is 9.18. The first-order valence-corrected chi connectivity index (χ1v) is 6.75. The molecule has 0 unspecified atom stereocenters. The first-order chi connectivity index (χ1) is 7.93. The zero-order valence-electron chi connectivity index (χ0n) is 13.3. The first kappa shape index (κ1) is 15.1. The second-order valence-electron chi connectivity index (χ2n) is 8.03. The van der Waals surface area contributed by atoms with Gasteiger partial charge < -0.3 is 0 Å². The van der Waals surface area contributed by atoms with Crippen LogP contribution in [0.3, 0.4) is 0 Å². The summed E-state index contributed by atoms with van der Waals surface area (Å²) < 4.78 is 0. The molecule has 2 nitrogen and oxygen atoms in total. The van der Waals surface area contributed by atoms with E-state index in [-0.39, 0.29) is 16.2 Å². The molecule has 0 spiro atoms. The topological polar surface area (TPSA) is 25.8 Å². The average Bonchev–Trinajstić information content (AvgIpc) is 2.14. The maximum atomic E-state index is 4.59. The fourth-order valence-corrected chi connectivity index (χ4v) is 1.72. The smallest absolute Gasteiger partial charge is 0.134 e. The summed E-state index contributed by atoms with van der Waals surface area (Å²) in [7, 11) is 0. The van der Waals surface area contributed by atoms with Crippen molar-refractivity contribution in [3.63, 3.8) is 0 Å². The molecule has 0 amide bonds. The minimum atomic E-state index is -0.0206. The van der Waals surface area contributed by atoms with E-state index in [1.807, 2.05) is 12.4 Å². The van der Waals surface area contributed by atoms with Crippen molar-refractivity contribution < 1.29 is 0 Å². The van der Waals surface area contributed by atoms with Gasteiger partial charge in [0.15, 0.2) is 0 Å². The molecule has 0 fully saturated rings. The minimum Gasteiger partial charge on any atom is -0.240 e. The van der Waals surface area contributed by atoms with Crippen LogP contribution in [0.1, 0.15) is 66.8 Å². The molecule has 0 aliphatic rings. The van der Waals surface area contributed by atoms with Gasteiger partial charge in [-0.2, -0.15) is 0 Å². The van der Waals surface area contributed by atoms with Crippen molar-refractivity contribution in [1.29, 1.82) is 0 Å². The molecule has 1 rings (SSSR count). The van der Waals surface area contributed by atoms with Crippen LogP contribution in [-0.2, 0) is 11.8 Å². The van der Waals surface area contributed by atoms with E-state index in [4.69, 9.17) is 0 Å². The first-order valence-electron chi connectivity index (χ1n) is 6.75. The number of aromatic nitrogens is 2. The molecule has 0 saturated carbocycles. The van der Waals surface area contributed by atoms with Crippen LogP contribution in [0.25, 0.3) is 0 Å². The Morgan fingerprint density at radius 2 is 1.28 bits per heavy atom. The third-order valence-corrected chi connectivity index (χ3v) is 3.87. The van der Waals surface area contributed by atoms with Gasteiger partial charge in [0.2, 0.25) is 0 Å². The molecule has 0 aromatic carbocycles. The Labute approximate surface area is 112 Å². The predicted octanol–water partition coefficient (Wildman–Crippen LogP) is 4.39. The fourth-order valence-electron chi connectivity index (χ4n) is 1.72. The van der Waals surface area contributed by atoms with Crippen LogP contribution in [0.5, 0.6) is 0 Å². The van der Waals surface area contributed by atoms with Crippen molar-refractivity contribution in [1.82, 2.24) is 9.97 Å². The van der Waals surface area contributed by atoms with E-state index in [0.29, 0.717) is 0 Å². The van der Waals surface area contributed by atoms with E-state index in [0.717, 1.165) is 12.2 Å². The molecule has 0 aliphatic heterocycles. The quantitative estimate of drug-likeness (QED) is 0.775. The highest BCUT2D eigenvalue weighted by Gasteiger charge is 2.36. The van der Waals surface area contributed by atoms with E-state index in [1.54, 1.807) is 0 Å². The number of nitrogens with zero attached hydrogens (tertiary/aromatic N) is 2. The van der Waals surface area contributed by atoms with Gasteiger partial charge in [0.25, 0.3) is 0 Å². The minimum absolute atomic E-state index is 0.0206. The van der Waals surface area contributed by atoms with E-state index >= 15 is 0 Å². The Balaban J connectivity index is 2.97. The van der Waals surface area contributed by atoms with Crippen LogP contribution in [0.15, 0.2) is 12.4 Å². The maximum absolute atomic E-state index is 4.59. The van der Waals surface area contributed by atoms with Crippen molar-refractivity contribution in [3.05, 3.63) is 23.8 Å². The van der Waals surface area contributed by atoms with E-state index in [2.05, 4.69) is 65.4 Å². The molecule has 2 heteroatoms. The summed E-state index contributed by atoms with van der Waals surface area (Å²) in [5.74, 6) is 0.938. The second kappa shape index (κ2) is 4.64. The zero-order valence-corrected chi connectivity index (χ0v) is 13.3. The van der Waals surface area contributed by atoms with E-state index in [1.165, 1.54) is 5.56 Å². The Morgan fingerprint density at radius 1 is 0.833 bits per heavy atom. The highest BCUT2D eigenvalue weighted by atomic mass is 14.9. The van der Waals surface area contributed by atoms with Crippen LogP contribution in [0, 0.1) is 10.8 Å². The summed E-state index contributed by atoms with van der Waals surface area (Å²) in [6.07, 6.45) is 4.99. The van der Waals surface area contributed by atoms with Crippen LogP contribution < -0.4 is 0 Å². The van der Waals surface area contributed by atoms with Gasteiger partial charge in [-0.1, -0.05) is 55.4 Å². The van der Waals surface area contributed by atoms with E-state index in [9.17, 15) is 0 Å². The highest BCUT2D eigenvalue weighted by Crippen LogP contribution is 2.38. The third kappa shape index (κ3) is 3.54. The SMILES string of the molecule is CC(C)(C)Cc1cnc(C(C)(C)C(C)(C)C)nc1.